The number of carbonyl (C=O) groups is 1. The van der Waals surface area contributed by atoms with Crippen LogP contribution in [0.4, 0.5) is 5.69 Å². The number of carbonyl (C=O) groups excluding carboxylic acids is 1. The largest absolute Gasteiger partial charge is 0.493 e. The second-order valence-corrected chi connectivity index (χ2v) is 6.22. The van der Waals surface area contributed by atoms with Crippen molar-refractivity contribution < 1.29 is 9.53 Å². The lowest BCUT2D eigenvalue weighted by atomic mass is 10.1. The number of aryl methyl sites for hydroxylation is 3. The minimum absolute atomic E-state index is 0.261. The topological polar surface area (TPSA) is 51.2 Å². The average molecular weight is 347 g/mol. The number of para-hydroxylation sites is 1. The maximum absolute atomic E-state index is 12.8. The van der Waals surface area contributed by atoms with Crippen LogP contribution in [0, 0.1) is 20.8 Å². The quantitative estimate of drug-likeness (QED) is 0.741. The van der Waals surface area contributed by atoms with Gasteiger partial charge in [0.2, 0.25) is 0 Å². The van der Waals surface area contributed by atoms with Crippen molar-refractivity contribution in [1.82, 2.24) is 4.98 Å². The van der Waals surface area contributed by atoms with E-state index >= 15 is 0 Å². The summed E-state index contributed by atoms with van der Waals surface area (Å²) in [5.41, 5.74) is 3.44. The number of amides is 1. The highest BCUT2D eigenvalue weighted by Crippen LogP contribution is 2.28. The maximum Gasteiger partial charge on any atom is 0.261 e. The van der Waals surface area contributed by atoms with E-state index in [0.29, 0.717) is 34.3 Å². The Hall–Kier alpha value is -2.07. The number of rotatable bonds is 6. The average Bonchev–Trinajstić information content (AvgIpc) is 2.50. The summed E-state index contributed by atoms with van der Waals surface area (Å²) in [5, 5.41) is 3.40. The van der Waals surface area contributed by atoms with E-state index in [-0.39, 0.29) is 5.91 Å². The molecule has 2 rings (SSSR count). The van der Waals surface area contributed by atoms with E-state index in [1.165, 1.54) is 0 Å². The Kier molecular flexibility index (Phi) is 6.21. The Morgan fingerprint density at radius 2 is 2.04 bits per heavy atom. The third kappa shape index (κ3) is 4.26. The molecule has 1 heterocycles. The van der Waals surface area contributed by atoms with Crippen molar-refractivity contribution in [3.05, 3.63) is 51.8 Å². The molecule has 0 aliphatic heterocycles. The summed E-state index contributed by atoms with van der Waals surface area (Å²) in [4.78, 5) is 17.2. The van der Waals surface area contributed by atoms with Gasteiger partial charge in [0.15, 0.2) is 0 Å². The van der Waals surface area contributed by atoms with Gasteiger partial charge in [0.1, 0.15) is 11.3 Å². The van der Waals surface area contributed by atoms with Gasteiger partial charge < -0.3 is 10.1 Å². The van der Waals surface area contributed by atoms with Gasteiger partial charge in [-0.25, -0.2) is 0 Å². The Labute approximate surface area is 148 Å². The van der Waals surface area contributed by atoms with Crippen LogP contribution in [0.25, 0.3) is 0 Å². The number of hydrogen-bond donors (Lipinski definition) is 1. The molecule has 5 heteroatoms. The van der Waals surface area contributed by atoms with Crippen LogP contribution in [0.15, 0.2) is 24.3 Å². The van der Waals surface area contributed by atoms with E-state index in [1.54, 1.807) is 12.1 Å². The molecule has 0 aliphatic carbocycles. The molecule has 0 fully saturated rings. The fourth-order valence-corrected chi connectivity index (χ4v) is 2.74. The zero-order chi connectivity index (χ0) is 17.7. The molecule has 4 nitrogen and oxygen atoms in total. The van der Waals surface area contributed by atoms with Gasteiger partial charge in [-0.15, -0.1) is 0 Å². The van der Waals surface area contributed by atoms with Crippen LogP contribution < -0.4 is 10.1 Å². The number of nitrogens with one attached hydrogen (secondary N) is 1. The lowest BCUT2D eigenvalue weighted by Gasteiger charge is -2.16. The van der Waals surface area contributed by atoms with Crippen LogP contribution in [0.3, 0.4) is 0 Å². The number of anilines is 1. The fourth-order valence-electron chi connectivity index (χ4n) is 2.48. The smallest absolute Gasteiger partial charge is 0.261 e. The lowest BCUT2D eigenvalue weighted by molar-refractivity contribution is 0.102. The van der Waals surface area contributed by atoms with Gasteiger partial charge in [-0.05, 0) is 38.8 Å². The Balaban J connectivity index is 2.34. The fraction of sp³-hybridized carbons (Fsp3) is 0.368. The molecule has 2 aromatic rings. The third-order valence-electron chi connectivity index (χ3n) is 3.74. The monoisotopic (exact) mass is 346 g/mol. The molecule has 0 radical (unpaired) electrons. The molecule has 1 aromatic carbocycles. The molecule has 1 N–H and O–H groups in total. The summed E-state index contributed by atoms with van der Waals surface area (Å²) in [6, 6.07) is 7.31. The first-order valence-electron chi connectivity index (χ1n) is 8.11. The second kappa shape index (κ2) is 8.15. The van der Waals surface area contributed by atoms with Crippen LogP contribution >= 0.6 is 11.6 Å². The molecule has 1 amide bonds. The SMILES string of the molecule is CCCCOc1cc(C)nc(C)c1C(=O)Nc1c(C)cccc1Cl. The lowest BCUT2D eigenvalue weighted by Crippen LogP contribution is -2.17. The van der Waals surface area contributed by atoms with Gasteiger partial charge in [0, 0.05) is 11.8 Å². The summed E-state index contributed by atoms with van der Waals surface area (Å²) in [6.07, 6.45) is 1.97. The van der Waals surface area contributed by atoms with Crippen molar-refractivity contribution in [3.8, 4) is 5.75 Å². The zero-order valence-electron chi connectivity index (χ0n) is 14.6. The maximum atomic E-state index is 12.8. The third-order valence-corrected chi connectivity index (χ3v) is 4.05. The van der Waals surface area contributed by atoms with Crippen LogP contribution in [0.2, 0.25) is 5.02 Å². The number of pyridine rings is 1. The van der Waals surface area contributed by atoms with Crippen molar-refractivity contribution in [2.24, 2.45) is 0 Å². The summed E-state index contributed by atoms with van der Waals surface area (Å²) >= 11 is 6.21. The summed E-state index contributed by atoms with van der Waals surface area (Å²) in [6.45, 7) is 8.28. The minimum Gasteiger partial charge on any atom is -0.493 e. The molecule has 0 atom stereocenters. The molecule has 0 bridgehead atoms. The van der Waals surface area contributed by atoms with Gasteiger partial charge in [-0.2, -0.15) is 0 Å². The number of nitrogens with zero attached hydrogens (tertiary/aromatic N) is 1. The van der Waals surface area contributed by atoms with Crippen LogP contribution in [-0.4, -0.2) is 17.5 Å². The van der Waals surface area contributed by atoms with E-state index in [2.05, 4.69) is 17.2 Å². The normalized spacial score (nSPS) is 10.5. The summed E-state index contributed by atoms with van der Waals surface area (Å²) in [5.74, 6) is 0.304. The summed E-state index contributed by atoms with van der Waals surface area (Å²) < 4.78 is 5.82. The Bertz CT molecular complexity index is 724. The molecule has 0 saturated carbocycles. The van der Waals surface area contributed by atoms with Gasteiger partial charge in [-0.1, -0.05) is 37.1 Å². The predicted molar refractivity (Wildman–Crippen MR) is 98.3 cm³/mol. The molecule has 0 spiro atoms. The van der Waals surface area contributed by atoms with Gasteiger partial charge in [0.05, 0.1) is 23.0 Å². The van der Waals surface area contributed by atoms with Crippen molar-refractivity contribution in [1.29, 1.82) is 0 Å². The zero-order valence-corrected chi connectivity index (χ0v) is 15.3. The molecule has 128 valence electrons. The van der Waals surface area contributed by atoms with Crippen molar-refractivity contribution >= 4 is 23.2 Å². The highest BCUT2D eigenvalue weighted by Gasteiger charge is 2.19. The Morgan fingerprint density at radius 1 is 1.29 bits per heavy atom. The van der Waals surface area contributed by atoms with Gasteiger partial charge in [-0.3, -0.25) is 9.78 Å². The number of aromatic nitrogens is 1. The first kappa shape index (κ1) is 18.3. The van der Waals surface area contributed by atoms with Crippen LogP contribution in [0.1, 0.15) is 47.1 Å². The summed E-state index contributed by atoms with van der Waals surface area (Å²) in [7, 11) is 0. The second-order valence-electron chi connectivity index (χ2n) is 5.81. The van der Waals surface area contributed by atoms with E-state index in [0.717, 1.165) is 24.1 Å². The van der Waals surface area contributed by atoms with E-state index in [4.69, 9.17) is 16.3 Å². The van der Waals surface area contributed by atoms with Crippen molar-refractivity contribution in [2.75, 3.05) is 11.9 Å². The standard InChI is InChI=1S/C19H23ClN2O2/c1-5-6-10-24-16-11-13(3)21-14(4)17(16)19(23)22-18-12(2)8-7-9-15(18)20/h7-9,11H,5-6,10H2,1-4H3,(H,22,23). The van der Waals surface area contributed by atoms with E-state index < -0.39 is 0 Å². The van der Waals surface area contributed by atoms with E-state index in [9.17, 15) is 4.79 Å². The number of ether oxygens (including phenoxy) is 1. The molecule has 0 unspecified atom stereocenters. The molecular weight excluding hydrogens is 324 g/mol. The highest BCUT2D eigenvalue weighted by molar-refractivity contribution is 6.34. The molecule has 1 aromatic heterocycles. The number of hydrogen-bond acceptors (Lipinski definition) is 3. The first-order chi connectivity index (χ1) is 11.4. The molecule has 0 aliphatic rings. The van der Waals surface area contributed by atoms with Gasteiger partial charge in [0.25, 0.3) is 5.91 Å². The van der Waals surface area contributed by atoms with E-state index in [1.807, 2.05) is 32.9 Å². The number of benzene rings is 1. The molecule has 0 saturated heterocycles. The highest BCUT2D eigenvalue weighted by atomic mass is 35.5. The van der Waals surface area contributed by atoms with Crippen molar-refractivity contribution in [2.45, 2.75) is 40.5 Å². The first-order valence-corrected chi connectivity index (χ1v) is 8.49. The van der Waals surface area contributed by atoms with Gasteiger partial charge >= 0.3 is 0 Å². The van der Waals surface area contributed by atoms with Crippen molar-refractivity contribution in [3.63, 3.8) is 0 Å². The number of unbranched alkanes of at least 4 members (excludes halogenated alkanes) is 1. The number of halogens is 1. The Morgan fingerprint density at radius 3 is 2.71 bits per heavy atom. The predicted octanol–water partition coefficient (Wildman–Crippen LogP) is 5.09. The molecule has 24 heavy (non-hydrogen) atoms. The van der Waals surface area contributed by atoms with Crippen LogP contribution in [-0.2, 0) is 0 Å². The minimum atomic E-state index is -0.261. The van der Waals surface area contributed by atoms with Crippen LogP contribution in [0.5, 0.6) is 5.75 Å². The molecular formula is C19H23ClN2O2.